The number of nitrogens with zero attached hydrogens (tertiary/aromatic N) is 5. The van der Waals surface area contributed by atoms with Gasteiger partial charge in [0.05, 0.1) is 31.4 Å². The Hall–Kier alpha value is -3.33. The van der Waals surface area contributed by atoms with Gasteiger partial charge in [-0.15, -0.1) is 5.11 Å². The lowest BCUT2D eigenvalue weighted by atomic mass is 9.92. The molecule has 1 fully saturated rings. The summed E-state index contributed by atoms with van der Waals surface area (Å²) in [5, 5.41) is 15.0. The molecule has 2 aliphatic rings. The summed E-state index contributed by atoms with van der Waals surface area (Å²) in [4.78, 5) is 30.0. The van der Waals surface area contributed by atoms with Crippen LogP contribution in [0, 0.1) is 17.2 Å². The number of halogens is 3. The zero-order valence-corrected chi connectivity index (χ0v) is 18.5. The molecule has 0 bridgehead atoms. The van der Waals surface area contributed by atoms with Crippen LogP contribution in [0.5, 0.6) is 0 Å². The summed E-state index contributed by atoms with van der Waals surface area (Å²) in [6.45, 7) is 2.69. The van der Waals surface area contributed by atoms with Gasteiger partial charge in [0.25, 0.3) is 5.91 Å². The number of hydrogen-bond donors (Lipinski definition) is 0. The largest absolute Gasteiger partial charge is 0.490 e. The Kier molecular flexibility index (Phi) is 8.33. The van der Waals surface area contributed by atoms with Gasteiger partial charge in [0.1, 0.15) is 17.9 Å². The van der Waals surface area contributed by atoms with Gasteiger partial charge in [-0.05, 0) is 31.9 Å². The van der Waals surface area contributed by atoms with Crippen LogP contribution in [-0.4, -0.2) is 60.3 Å². The fraction of sp³-hybridized carbons (Fsp3) is 0.545. The van der Waals surface area contributed by atoms with E-state index in [9.17, 15) is 22.8 Å². The minimum Gasteiger partial charge on any atom is -0.490 e. The summed E-state index contributed by atoms with van der Waals surface area (Å²) in [5.41, 5.74) is 1.41. The van der Waals surface area contributed by atoms with Gasteiger partial charge in [-0.3, -0.25) is 14.6 Å². The average Bonchev–Trinajstić information content (AvgIpc) is 2.81. The number of carbonyl (C=O) groups excluding carboxylic acids is 2. The first-order valence-corrected chi connectivity index (χ1v) is 10.8. The normalized spacial score (nSPS) is 20.0. The molecule has 182 valence electrons. The number of pyridine rings is 1. The molecule has 12 heteroatoms. The second-order valence-electron chi connectivity index (χ2n) is 8.05. The predicted molar refractivity (Wildman–Crippen MR) is 111 cm³/mol. The van der Waals surface area contributed by atoms with Crippen molar-refractivity contribution < 1.29 is 32.2 Å². The van der Waals surface area contributed by atoms with E-state index in [2.05, 4.69) is 15.2 Å². The Bertz CT molecular complexity index is 980. The summed E-state index contributed by atoms with van der Waals surface area (Å²) < 4.78 is 49.9. The number of azo groups is 1. The van der Waals surface area contributed by atoms with Crippen LogP contribution in [0.2, 0.25) is 0 Å². The van der Waals surface area contributed by atoms with Crippen LogP contribution < -0.4 is 0 Å². The Balaban J connectivity index is 1.37. The van der Waals surface area contributed by atoms with Crippen molar-refractivity contribution in [1.82, 2.24) is 9.88 Å². The van der Waals surface area contributed by atoms with E-state index in [1.54, 1.807) is 17.2 Å². The van der Waals surface area contributed by atoms with Gasteiger partial charge < -0.3 is 14.4 Å². The second-order valence-corrected chi connectivity index (χ2v) is 8.05. The van der Waals surface area contributed by atoms with Gasteiger partial charge in [-0.25, -0.2) is 0 Å². The molecule has 9 nitrogen and oxygen atoms in total. The lowest BCUT2D eigenvalue weighted by molar-refractivity contribution is -0.183. The second kappa shape index (κ2) is 11.2. The molecule has 3 rings (SSSR count). The van der Waals surface area contributed by atoms with Crippen LogP contribution in [0.25, 0.3) is 0 Å². The molecule has 34 heavy (non-hydrogen) atoms. The molecule has 0 aliphatic carbocycles. The van der Waals surface area contributed by atoms with E-state index in [1.807, 2.05) is 12.1 Å². The van der Waals surface area contributed by atoms with Gasteiger partial charge in [-0.2, -0.15) is 23.5 Å². The first-order valence-electron chi connectivity index (χ1n) is 10.8. The summed E-state index contributed by atoms with van der Waals surface area (Å²) in [7, 11) is 0. The predicted octanol–water partition coefficient (Wildman–Crippen LogP) is 3.48. The molecule has 0 aromatic carbocycles. The highest BCUT2D eigenvalue weighted by Gasteiger charge is 2.50. The van der Waals surface area contributed by atoms with E-state index < -0.39 is 29.9 Å². The zero-order chi connectivity index (χ0) is 24.7. The van der Waals surface area contributed by atoms with E-state index in [4.69, 9.17) is 14.7 Å². The zero-order valence-electron chi connectivity index (χ0n) is 18.5. The molecule has 1 saturated heterocycles. The molecule has 0 spiro atoms. The van der Waals surface area contributed by atoms with Crippen LogP contribution in [0.1, 0.15) is 43.4 Å². The number of piperidine rings is 1. The van der Waals surface area contributed by atoms with Crippen LogP contribution in [0.3, 0.4) is 0 Å². The van der Waals surface area contributed by atoms with E-state index in [-0.39, 0.29) is 31.5 Å². The maximum Gasteiger partial charge on any atom is 0.407 e. The first-order chi connectivity index (χ1) is 16.2. The molecule has 2 amide bonds. The number of nitriles is 1. The summed E-state index contributed by atoms with van der Waals surface area (Å²) in [5.74, 6) is -4.37. The molecule has 0 radical (unpaired) electrons. The molecule has 1 unspecified atom stereocenters. The van der Waals surface area contributed by atoms with Crippen molar-refractivity contribution in [2.45, 2.75) is 44.4 Å². The number of ether oxygens (including phenoxy) is 2. The molecule has 0 N–H and O–H groups in total. The highest BCUT2D eigenvalue weighted by Crippen LogP contribution is 2.36. The highest BCUT2D eigenvalue weighted by atomic mass is 19.4. The molecular formula is C22H24F3N5O4. The van der Waals surface area contributed by atoms with Crippen molar-refractivity contribution in [3.63, 3.8) is 0 Å². The maximum absolute atomic E-state index is 13.1. The summed E-state index contributed by atoms with van der Waals surface area (Å²) in [6.07, 6.45) is -1.64. The number of aromatic nitrogens is 1. The quantitative estimate of drug-likeness (QED) is 0.527. The van der Waals surface area contributed by atoms with E-state index in [0.717, 1.165) is 24.7 Å². The van der Waals surface area contributed by atoms with E-state index in [1.165, 1.54) is 6.92 Å². The van der Waals surface area contributed by atoms with Crippen molar-refractivity contribution in [1.29, 1.82) is 5.26 Å². The molecule has 1 aromatic heterocycles. The number of alkyl halides is 3. The van der Waals surface area contributed by atoms with Gasteiger partial charge in [0.2, 0.25) is 5.91 Å². The van der Waals surface area contributed by atoms with Crippen LogP contribution in [0.15, 0.2) is 40.5 Å². The third-order valence-corrected chi connectivity index (χ3v) is 5.53. The SMILES string of the molecule is C[C@@H](COCCC(=O)N1CCC(c2ccc(C#N)cn2)CC1)OC1=CN=NC(=O)C1C(F)(F)F. The maximum atomic E-state index is 13.1. The van der Waals surface area contributed by atoms with Crippen LogP contribution >= 0.6 is 0 Å². The number of rotatable bonds is 8. The van der Waals surface area contributed by atoms with Gasteiger partial charge in [-0.1, -0.05) is 0 Å². The molecule has 1 aromatic rings. The van der Waals surface area contributed by atoms with Crippen molar-refractivity contribution in [3.05, 3.63) is 41.5 Å². The average molecular weight is 479 g/mol. The van der Waals surface area contributed by atoms with Crippen molar-refractivity contribution >= 4 is 11.8 Å². The third-order valence-electron chi connectivity index (χ3n) is 5.53. The minimum atomic E-state index is -4.83. The van der Waals surface area contributed by atoms with Gasteiger partial charge in [0, 0.05) is 30.9 Å². The lowest BCUT2D eigenvalue weighted by Crippen LogP contribution is -2.38. The van der Waals surface area contributed by atoms with E-state index in [0.29, 0.717) is 18.7 Å². The highest BCUT2D eigenvalue weighted by molar-refractivity contribution is 5.83. The van der Waals surface area contributed by atoms with Crippen molar-refractivity contribution in [2.24, 2.45) is 16.1 Å². The molecule has 2 atom stereocenters. The standard InChI is InChI=1S/C22H24F3N5O4/c1-14(34-18-12-28-29-21(32)20(18)22(23,24)25)13-33-9-6-19(31)30-7-4-16(5-8-30)17-3-2-15(10-26)11-27-17/h2-3,11-12,14,16,20H,4-9,13H2,1H3/t14-,20?/m0/s1. The molecule has 2 aliphatic heterocycles. The van der Waals surface area contributed by atoms with Crippen molar-refractivity contribution in [3.8, 4) is 6.07 Å². The number of carbonyl (C=O) groups is 2. The summed E-state index contributed by atoms with van der Waals surface area (Å²) >= 11 is 0. The first kappa shape index (κ1) is 25.3. The molecular weight excluding hydrogens is 455 g/mol. The number of likely N-dealkylation sites (tertiary alicyclic amines) is 1. The molecule has 3 heterocycles. The van der Waals surface area contributed by atoms with Crippen LogP contribution in [-0.2, 0) is 19.1 Å². The van der Waals surface area contributed by atoms with Gasteiger partial charge >= 0.3 is 6.18 Å². The van der Waals surface area contributed by atoms with E-state index >= 15 is 0 Å². The van der Waals surface area contributed by atoms with Gasteiger partial charge in [0.15, 0.2) is 5.92 Å². The third kappa shape index (κ3) is 6.60. The fourth-order valence-electron chi connectivity index (χ4n) is 3.77. The molecule has 0 saturated carbocycles. The topological polar surface area (TPSA) is 117 Å². The minimum absolute atomic E-state index is 0.0625. The smallest absolute Gasteiger partial charge is 0.407 e. The fourth-order valence-corrected chi connectivity index (χ4v) is 3.77. The Labute approximate surface area is 194 Å². The Morgan fingerprint density at radius 3 is 2.68 bits per heavy atom. The summed E-state index contributed by atoms with van der Waals surface area (Å²) in [6, 6.07) is 5.61. The number of hydrogen-bond acceptors (Lipinski definition) is 7. The van der Waals surface area contributed by atoms with Crippen molar-refractivity contribution in [2.75, 3.05) is 26.3 Å². The Morgan fingerprint density at radius 2 is 2.06 bits per heavy atom. The lowest BCUT2D eigenvalue weighted by Gasteiger charge is -2.32. The monoisotopic (exact) mass is 479 g/mol. The number of amides is 2. The van der Waals surface area contributed by atoms with Crippen LogP contribution in [0.4, 0.5) is 13.2 Å². The Morgan fingerprint density at radius 1 is 1.32 bits per heavy atom.